The molecule has 2 aromatic rings. The molecule has 2 amide bonds. The maximum Gasteiger partial charge on any atom is 0.233 e. The summed E-state index contributed by atoms with van der Waals surface area (Å²) in [7, 11) is 1.55. The number of benzene rings is 2. The van der Waals surface area contributed by atoms with Crippen LogP contribution in [0.3, 0.4) is 0 Å². The Balaban J connectivity index is 1.61. The molecule has 4 unspecified atom stereocenters. The van der Waals surface area contributed by atoms with Crippen molar-refractivity contribution in [2.45, 2.75) is 12.1 Å². The summed E-state index contributed by atoms with van der Waals surface area (Å²) < 4.78 is 5.15. The quantitative estimate of drug-likeness (QED) is 0.649. The lowest BCUT2D eigenvalue weighted by atomic mass is 9.83. The maximum absolute atomic E-state index is 13.4. The van der Waals surface area contributed by atoms with Crippen molar-refractivity contribution >= 4 is 23.8 Å². The number of nitrogens with zero attached hydrogens (tertiary/aromatic N) is 2. The third kappa shape index (κ3) is 2.22. The van der Waals surface area contributed by atoms with Gasteiger partial charge in [0.2, 0.25) is 11.8 Å². The summed E-state index contributed by atoms with van der Waals surface area (Å²) in [6.07, 6.45) is 1.68. The number of ketones is 1. The molecule has 2 fully saturated rings. The highest BCUT2D eigenvalue weighted by molar-refractivity contribution is 6.12. The van der Waals surface area contributed by atoms with E-state index in [1.807, 2.05) is 24.3 Å². The average molecular weight is 375 g/mol. The molecule has 3 aliphatic rings. The lowest BCUT2D eigenvalue weighted by Gasteiger charge is -2.32. The molecule has 140 valence electrons. The van der Waals surface area contributed by atoms with Gasteiger partial charge in [-0.3, -0.25) is 24.7 Å². The molecule has 0 saturated carbocycles. The summed E-state index contributed by atoms with van der Waals surface area (Å²) in [4.78, 5) is 38.5. The van der Waals surface area contributed by atoms with E-state index in [9.17, 15) is 14.4 Å². The van der Waals surface area contributed by atoms with Gasteiger partial charge in [0, 0.05) is 5.56 Å². The molecule has 3 aliphatic heterocycles. The summed E-state index contributed by atoms with van der Waals surface area (Å²) in [5, 5.41) is 8.52. The van der Waals surface area contributed by atoms with Gasteiger partial charge in [-0.15, -0.1) is 0 Å². The average Bonchev–Trinajstić information content (AvgIpc) is 3.22. The van der Waals surface area contributed by atoms with E-state index >= 15 is 0 Å². The summed E-state index contributed by atoms with van der Waals surface area (Å²) in [6, 6.07) is 13.1. The van der Waals surface area contributed by atoms with Crippen molar-refractivity contribution in [2.24, 2.45) is 16.9 Å². The first-order valence-electron chi connectivity index (χ1n) is 9.04. The zero-order chi connectivity index (χ0) is 19.4. The molecule has 2 aromatic carbocycles. The molecule has 5 rings (SSSR count). The number of hydrogen-bond acceptors (Lipinski definition) is 6. The van der Waals surface area contributed by atoms with E-state index in [2.05, 4.69) is 10.4 Å². The van der Waals surface area contributed by atoms with Crippen LogP contribution in [0.25, 0.3) is 0 Å². The van der Waals surface area contributed by atoms with Gasteiger partial charge >= 0.3 is 0 Å². The van der Waals surface area contributed by atoms with Crippen molar-refractivity contribution < 1.29 is 19.1 Å². The molecular formula is C21H17N3O4. The van der Waals surface area contributed by atoms with Crippen molar-refractivity contribution in [1.82, 2.24) is 10.3 Å². The Hall–Kier alpha value is -3.48. The Morgan fingerprint density at radius 3 is 2.50 bits per heavy atom. The lowest BCUT2D eigenvalue weighted by molar-refractivity contribution is -0.127. The molecule has 4 atom stereocenters. The molecule has 7 nitrogen and oxygen atoms in total. The lowest BCUT2D eigenvalue weighted by Crippen LogP contribution is -2.43. The van der Waals surface area contributed by atoms with Crippen molar-refractivity contribution in [2.75, 3.05) is 7.11 Å². The molecule has 0 spiro atoms. The highest BCUT2D eigenvalue weighted by atomic mass is 16.5. The molecule has 0 radical (unpaired) electrons. The fourth-order valence-electron chi connectivity index (χ4n) is 4.51. The highest BCUT2D eigenvalue weighted by Crippen LogP contribution is 2.50. The van der Waals surface area contributed by atoms with Gasteiger partial charge in [-0.05, 0) is 35.4 Å². The molecule has 28 heavy (non-hydrogen) atoms. The number of methoxy groups -OCH3 is 1. The number of hydrogen-bond donors (Lipinski definition) is 1. The number of nitrogens with one attached hydrogen (secondary N) is 1. The zero-order valence-corrected chi connectivity index (χ0v) is 15.0. The molecule has 2 saturated heterocycles. The summed E-state index contributed by atoms with van der Waals surface area (Å²) in [5.74, 6) is -1.77. The minimum Gasteiger partial charge on any atom is -0.497 e. The summed E-state index contributed by atoms with van der Waals surface area (Å²) >= 11 is 0. The number of Topliss-reactive ketones (excluding diaryl/α,β-unsaturated/α-hetero) is 1. The van der Waals surface area contributed by atoms with Crippen LogP contribution in [0.2, 0.25) is 0 Å². The largest absolute Gasteiger partial charge is 0.497 e. The molecular weight excluding hydrogens is 358 g/mol. The van der Waals surface area contributed by atoms with Gasteiger partial charge in [-0.2, -0.15) is 5.10 Å². The van der Waals surface area contributed by atoms with Crippen molar-refractivity contribution in [3.05, 3.63) is 65.2 Å². The second-order valence-electron chi connectivity index (χ2n) is 7.14. The van der Waals surface area contributed by atoms with Gasteiger partial charge in [0.15, 0.2) is 5.78 Å². The number of hydrazone groups is 1. The van der Waals surface area contributed by atoms with E-state index in [4.69, 9.17) is 4.74 Å². The van der Waals surface area contributed by atoms with Gasteiger partial charge in [0.25, 0.3) is 0 Å². The van der Waals surface area contributed by atoms with Gasteiger partial charge < -0.3 is 4.74 Å². The predicted molar refractivity (Wildman–Crippen MR) is 99.9 cm³/mol. The second-order valence-corrected chi connectivity index (χ2v) is 7.14. The Labute approximate surface area is 161 Å². The topological polar surface area (TPSA) is 88.1 Å². The van der Waals surface area contributed by atoms with Gasteiger partial charge in [-0.1, -0.05) is 24.3 Å². The second kappa shape index (κ2) is 6.02. The fourth-order valence-corrected chi connectivity index (χ4v) is 4.51. The van der Waals surface area contributed by atoms with Crippen LogP contribution in [-0.2, 0) is 9.59 Å². The molecule has 7 heteroatoms. The fraction of sp³-hybridized carbons (Fsp3) is 0.238. The molecule has 3 heterocycles. The molecule has 0 aromatic heterocycles. The number of rotatable bonds is 3. The molecule has 0 bridgehead atoms. The first-order valence-corrected chi connectivity index (χ1v) is 9.04. The minimum atomic E-state index is -0.834. The number of carbonyl (C=O) groups is 3. The Bertz CT molecular complexity index is 1030. The van der Waals surface area contributed by atoms with E-state index in [1.54, 1.807) is 42.6 Å². The van der Waals surface area contributed by atoms with E-state index in [1.165, 1.54) is 0 Å². The zero-order valence-electron chi connectivity index (χ0n) is 15.0. The van der Waals surface area contributed by atoms with Crippen molar-refractivity contribution in [1.29, 1.82) is 0 Å². The van der Waals surface area contributed by atoms with Crippen molar-refractivity contribution in [3.63, 3.8) is 0 Å². The Kier molecular flexibility index (Phi) is 3.58. The SMILES string of the molecule is COc1ccc(C(=O)C2C3C(=O)NC(=O)C3C3c4ccccc4C=NN23)cc1. The monoisotopic (exact) mass is 375 g/mol. The van der Waals surface area contributed by atoms with Crippen LogP contribution < -0.4 is 10.1 Å². The summed E-state index contributed by atoms with van der Waals surface area (Å²) in [6.45, 7) is 0. The standard InChI is InChI=1S/C21H17N3O4/c1-28-13-8-6-11(7-9-13)19(25)18-16-15(20(26)23-21(16)27)17-14-5-3-2-4-12(14)10-22-24(17)18/h2-10,15-18H,1H3,(H,23,26,27). The normalized spacial score (nSPS) is 27.1. The highest BCUT2D eigenvalue weighted by Gasteiger charge is 2.62. The number of ether oxygens (including phenoxy) is 1. The van der Waals surface area contributed by atoms with E-state index in [0.29, 0.717) is 11.3 Å². The van der Waals surface area contributed by atoms with Gasteiger partial charge in [-0.25, -0.2) is 0 Å². The predicted octanol–water partition coefficient (Wildman–Crippen LogP) is 1.54. The first-order chi connectivity index (χ1) is 13.6. The Morgan fingerprint density at radius 2 is 1.75 bits per heavy atom. The van der Waals surface area contributed by atoms with Crippen LogP contribution in [0, 0.1) is 11.8 Å². The smallest absolute Gasteiger partial charge is 0.233 e. The van der Waals surface area contributed by atoms with Gasteiger partial charge in [0.05, 0.1) is 31.2 Å². The van der Waals surface area contributed by atoms with E-state index in [0.717, 1.165) is 11.1 Å². The number of carbonyl (C=O) groups excluding carboxylic acids is 3. The van der Waals surface area contributed by atoms with Crippen LogP contribution in [0.1, 0.15) is 27.5 Å². The van der Waals surface area contributed by atoms with Gasteiger partial charge in [0.1, 0.15) is 11.8 Å². The van der Waals surface area contributed by atoms with Crippen LogP contribution in [0.15, 0.2) is 53.6 Å². The number of amides is 2. The summed E-state index contributed by atoms with van der Waals surface area (Å²) in [5.41, 5.74) is 2.25. The first kappa shape index (κ1) is 16.7. The molecule has 1 N–H and O–H groups in total. The van der Waals surface area contributed by atoms with Crippen LogP contribution in [0.5, 0.6) is 5.75 Å². The number of fused-ring (bicyclic) bond motifs is 5. The molecule has 0 aliphatic carbocycles. The van der Waals surface area contributed by atoms with E-state index in [-0.39, 0.29) is 11.7 Å². The number of imide groups is 1. The Morgan fingerprint density at radius 1 is 1.04 bits per heavy atom. The maximum atomic E-state index is 13.4. The van der Waals surface area contributed by atoms with Crippen LogP contribution in [0.4, 0.5) is 0 Å². The van der Waals surface area contributed by atoms with E-state index < -0.39 is 29.8 Å². The van der Waals surface area contributed by atoms with Crippen molar-refractivity contribution in [3.8, 4) is 5.75 Å². The third-order valence-electron chi connectivity index (χ3n) is 5.78. The van der Waals surface area contributed by atoms with Crippen LogP contribution >= 0.6 is 0 Å². The third-order valence-corrected chi connectivity index (χ3v) is 5.78. The van der Waals surface area contributed by atoms with Crippen LogP contribution in [-0.4, -0.2) is 42.0 Å². The minimum absolute atomic E-state index is 0.235.